The number of nitrogens with zero attached hydrogens (tertiary/aromatic N) is 2. The molecule has 2 heterocycles. The van der Waals surface area contributed by atoms with E-state index >= 15 is 0 Å². The van der Waals surface area contributed by atoms with Crippen molar-refractivity contribution in [2.24, 2.45) is 0 Å². The van der Waals surface area contributed by atoms with Crippen LogP contribution in [0.25, 0.3) is 0 Å². The van der Waals surface area contributed by atoms with Gasteiger partial charge in [0.05, 0.1) is 5.69 Å². The SMILES string of the molecule is O=C1N(NCCc2ccccc2)c2ccccc2C1(CCCN1CCCC1)c1ccccc1. The Bertz CT molecular complexity index is 1060. The molecule has 1 fully saturated rings. The minimum absolute atomic E-state index is 0.143. The maximum atomic E-state index is 14.2. The molecule has 0 aromatic heterocycles. The van der Waals surface area contributed by atoms with Gasteiger partial charge in [-0.2, -0.15) is 0 Å². The molecule has 3 aromatic carbocycles. The Morgan fingerprint density at radius 1 is 0.818 bits per heavy atom. The third-order valence-electron chi connectivity index (χ3n) is 7.19. The number of carbonyl (C=O) groups is 1. The third-order valence-corrected chi connectivity index (χ3v) is 7.19. The highest BCUT2D eigenvalue weighted by Gasteiger charge is 2.51. The topological polar surface area (TPSA) is 35.6 Å². The number of para-hydroxylation sites is 1. The summed E-state index contributed by atoms with van der Waals surface area (Å²) in [7, 11) is 0. The Labute approximate surface area is 197 Å². The number of amides is 1. The Morgan fingerprint density at radius 3 is 2.24 bits per heavy atom. The number of hydrogen-bond acceptors (Lipinski definition) is 3. The number of anilines is 1. The van der Waals surface area contributed by atoms with Crippen molar-refractivity contribution >= 4 is 11.6 Å². The van der Waals surface area contributed by atoms with Gasteiger partial charge in [-0.05, 0) is 74.5 Å². The molecule has 170 valence electrons. The molecule has 2 aliphatic rings. The fourth-order valence-corrected chi connectivity index (χ4v) is 5.52. The molecule has 1 N–H and O–H groups in total. The van der Waals surface area contributed by atoms with Crippen LogP contribution in [-0.2, 0) is 16.6 Å². The van der Waals surface area contributed by atoms with E-state index in [2.05, 4.69) is 77.1 Å². The van der Waals surface area contributed by atoms with E-state index in [1.807, 2.05) is 23.2 Å². The molecule has 5 rings (SSSR count). The van der Waals surface area contributed by atoms with Gasteiger partial charge < -0.3 is 4.90 Å². The molecule has 1 saturated heterocycles. The summed E-state index contributed by atoms with van der Waals surface area (Å²) in [5.41, 5.74) is 7.29. The Balaban J connectivity index is 1.42. The summed E-state index contributed by atoms with van der Waals surface area (Å²) in [6.45, 7) is 4.15. The van der Waals surface area contributed by atoms with Crippen LogP contribution < -0.4 is 10.4 Å². The molecule has 4 heteroatoms. The molecule has 1 atom stereocenters. The van der Waals surface area contributed by atoms with E-state index in [-0.39, 0.29) is 5.91 Å². The van der Waals surface area contributed by atoms with Crippen molar-refractivity contribution < 1.29 is 4.79 Å². The summed E-state index contributed by atoms with van der Waals surface area (Å²) >= 11 is 0. The second kappa shape index (κ2) is 9.90. The number of rotatable bonds is 9. The normalized spacial score (nSPS) is 20.4. The maximum absolute atomic E-state index is 14.2. The van der Waals surface area contributed by atoms with Crippen molar-refractivity contribution in [3.8, 4) is 0 Å². The predicted octanol–water partition coefficient (Wildman–Crippen LogP) is 4.94. The second-order valence-corrected chi connectivity index (χ2v) is 9.23. The number of benzene rings is 3. The summed E-state index contributed by atoms with van der Waals surface area (Å²) in [6.07, 6.45) is 5.29. The van der Waals surface area contributed by atoms with Crippen LogP contribution in [-0.4, -0.2) is 37.0 Å². The molecule has 0 saturated carbocycles. The van der Waals surface area contributed by atoms with Crippen molar-refractivity contribution in [3.05, 3.63) is 102 Å². The lowest BCUT2D eigenvalue weighted by molar-refractivity contribution is -0.122. The van der Waals surface area contributed by atoms with Gasteiger partial charge in [0.15, 0.2) is 0 Å². The van der Waals surface area contributed by atoms with Crippen LogP contribution in [0, 0.1) is 0 Å². The average molecular weight is 440 g/mol. The molecular formula is C29H33N3O. The van der Waals surface area contributed by atoms with E-state index in [4.69, 9.17) is 0 Å². The van der Waals surface area contributed by atoms with Crippen LogP contribution in [0.15, 0.2) is 84.9 Å². The maximum Gasteiger partial charge on any atom is 0.256 e. The van der Waals surface area contributed by atoms with Gasteiger partial charge in [0.1, 0.15) is 5.41 Å². The first-order valence-corrected chi connectivity index (χ1v) is 12.3. The lowest BCUT2D eigenvalue weighted by Crippen LogP contribution is -2.48. The fourth-order valence-electron chi connectivity index (χ4n) is 5.52. The fraction of sp³-hybridized carbons (Fsp3) is 0.345. The molecule has 0 bridgehead atoms. The number of fused-ring (bicyclic) bond motifs is 1. The van der Waals surface area contributed by atoms with Crippen LogP contribution in [0.4, 0.5) is 5.69 Å². The van der Waals surface area contributed by atoms with Gasteiger partial charge in [0, 0.05) is 6.54 Å². The zero-order valence-corrected chi connectivity index (χ0v) is 19.2. The molecule has 0 radical (unpaired) electrons. The minimum atomic E-state index is -0.642. The van der Waals surface area contributed by atoms with Crippen LogP contribution in [0.2, 0.25) is 0 Å². The standard InChI is InChI=1S/C29H33N3O/c33-28-29(25-14-5-2-6-15-25,19-11-23-31-21-9-10-22-31)26-16-7-8-17-27(26)32(28)30-20-18-24-12-3-1-4-13-24/h1-8,12-17,30H,9-11,18-23H2. The number of hydrazine groups is 1. The Kier molecular flexibility index (Phi) is 6.56. The first kappa shape index (κ1) is 21.9. The van der Waals surface area contributed by atoms with E-state index in [1.54, 1.807) is 0 Å². The van der Waals surface area contributed by atoms with Gasteiger partial charge >= 0.3 is 0 Å². The van der Waals surface area contributed by atoms with Crippen molar-refractivity contribution in [2.75, 3.05) is 31.2 Å². The molecule has 1 amide bonds. The van der Waals surface area contributed by atoms with Crippen molar-refractivity contribution in [1.29, 1.82) is 0 Å². The summed E-state index contributed by atoms with van der Waals surface area (Å²) in [5, 5.41) is 1.82. The predicted molar refractivity (Wildman–Crippen MR) is 134 cm³/mol. The van der Waals surface area contributed by atoms with E-state index < -0.39 is 5.41 Å². The largest absolute Gasteiger partial charge is 0.303 e. The summed E-state index contributed by atoms with van der Waals surface area (Å²) in [6, 6.07) is 29.1. The Hall–Kier alpha value is -2.95. The monoisotopic (exact) mass is 439 g/mol. The summed E-state index contributed by atoms with van der Waals surface area (Å²) in [4.78, 5) is 16.7. The third kappa shape index (κ3) is 4.33. The van der Waals surface area contributed by atoms with E-state index in [0.29, 0.717) is 6.54 Å². The molecule has 33 heavy (non-hydrogen) atoms. The van der Waals surface area contributed by atoms with Gasteiger partial charge in [-0.15, -0.1) is 0 Å². The van der Waals surface area contributed by atoms with E-state index in [1.165, 1.54) is 31.5 Å². The van der Waals surface area contributed by atoms with Crippen molar-refractivity contribution in [2.45, 2.75) is 37.5 Å². The second-order valence-electron chi connectivity index (χ2n) is 9.23. The van der Waals surface area contributed by atoms with Gasteiger partial charge in [0.2, 0.25) is 0 Å². The molecule has 2 aliphatic heterocycles. The van der Waals surface area contributed by atoms with Crippen molar-refractivity contribution in [3.63, 3.8) is 0 Å². The number of nitrogens with one attached hydrogen (secondary N) is 1. The summed E-state index contributed by atoms with van der Waals surface area (Å²) in [5.74, 6) is 0.143. The van der Waals surface area contributed by atoms with Crippen LogP contribution in [0.3, 0.4) is 0 Å². The minimum Gasteiger partial charge on any atom is -0.303 e. The number of hydrogen-bond donors (Lipinski definition) is 1. The highest BCUT2D eigenvalue weighted by atomic mass is 16.2. The highest BCUT2D eigenvalue weighted by Crippen LogP contribution is 2.48. The van der Waals surface area contributed by atoms with E-state index in [9.17, 15) is 4.79 Å². The Morgan fingerprint density at radius 2 is 1.48 bits per heavy atom. The summed E-state index contributed by atoms with van der Waals surface area (Å²) < 4.78 is 0. The van der Waals surface area contributed by atoms with Gasteiger partial charge in [-0.1, -0.05) is 78.9 Å². The zero-order chi connectivity index (χ0) is 22.5. The van der Waals surface area contributed by atoms with Crippen LogP contribution >= 0.6 is 0 Å². The number of likely N-dealkylation sites (tertiary alicyclic amines) is 1. The first-order chi connectivity index (χ1) is 16.3. The van der Waals surface area contributed by atoms with Gasteiger partial charge in [-0.25, -0.2) is 10.4 Å². The first-order valence-electron chi connectivity index (χ1n) is 12.3. The molecule has 0 aliphatic carbocycles. The molecule has 3 aromatic rings. The lowest BCUT2D eigenvalue weighted by Gasteiger charge is -2.30. The quantitative estimate of drug-likeness (QED) is 0.513. The van der Waals surface area contributed by atoms with Gasteiger partial charge in [-0.3, -0.25) is 4.79 Å². The lowest BCUT2D eigenvalue weighted by atomic mass is 9.72. The molecular weight excluding hydrogens is 406 g/mol. The smallest absolute Gasteiger partial charge is 0.256 e. The molecule has 4 nitrogen and oxygen atoms in total. The highest BCUT2D eigenvalue weighted by molar-refractivity contribution is 6.09. The zero-order valence-electron chi connectivity index (χ0n) is 19.2. The van der Waals surface area contributed by atoms with Crippen molar-refractivity contribution in [1.82, 2.24) is 10.3 Å². The van der Waals surface area contributed by atoms with Gasteiger partial charge in [0.25, 0.3) is 5.91 Å². The average Bonchev–Trinajstić information content (AvgIpc) is 3.47. The number of carbonyl (C=O) groups excluding carboxylic acids is 1. The van der Waals surface area contributed by atoms with Crippen LogP contribution in [0.5, 0.6) is 0 Å². The van der Waals surface area contributed by atoms with E-state index in [0.717, 1.165) is 42.6 Å². The van der Waals surface area contributed by atoms with Crippen LogP contribution in [0.1, 0.15) is 42.4 Å². The molecule has 0 spiro atoms. The molecule has 1 unspecified atom stereocenters.